The monoisotopic (exact) mass is 240 g/mol. The summed E-state index contributed by atoms with van der Waals surface area (Å²) in [6, 6.07) is 4.90. The second kappa shape index (κ2) is 5.65. The molecule has 2 nitrogen and oxygen atoms in total. The molecule has 1 aliphatic carbocycles. The van der Waals surface area contributed by atoms with Crippen LogP contribution in [-0.2, 0) is 0 Å². The van der Waals surface area contributed by atoms with Crippen molar-refractivity contribution in [2.45, 2.75) is 51.5 Å². The average molecular weight is 241 g/mol. The fourth-order valence-electron chi connectivity index (χ4n) is 2.56. The van der Waals surface area contributed by atoms with Crippen molar-refractivity contribution in [2.75, 3.05) is 0 Å². The van der Waals surface area contributed by atoms with Crippen LogP contribution >= 0.6 is 12.4 Å². The molecule has 1 fully saturated rings. The van der Waals surface area contributed by atoms with Crippen LogP contribution in [0.25, 0.3) is 0 Å². The minimum absolute atomic E-state index is 0. The van der Waals surface area contributed by atoms with Gasteiger partial charge in [0.25, 0.3) is 0 Å². The summed E-state index contributed by atoms with van der Waals surface area (Å²) in [7, 11) is 0. The molecule has 0 aromatic carbocycles. The van der Waals surface area contributed by atoms with Gasteiger partial charge in [-0.1, -0.05) is 0 Å². The molecule has 1 aromatic heterocycles. The Kier molecular flexibility index (Phi) is 4.75. The highest BCUT2D eigenvalue weighted by Gasteiger charge is 2.20. The number of hydrogen-bond acceptors (Lipinski definition) is 2. The molecule has 0 atom stereocenters. The van der Waals surface area contributed by atoms with Crippen LogP contribution in [0.15, 0.2) is 12.1 Å². The lowest BCUT2D eigenvalue weighted by Gasteiger charge is -2.26. The van der Waals surface area contributed by atoms with Gasteiger partial charge in [-0.05, 0) is 63.1 Å². The lowest BCUT2D eigenvalue weighted by Crippen LogP contribution is -2.25. The number of halogens is 1. The van der Waals surface area contributed by atoms with Crippen LogP contribution in [-0.4, -0.2) is 11.0 Å². The fraction of sp³-hybridized carbons (Fsp3) is 0.615. The molecular formula is C13H21ClN2. The molecule has 0 unspecified atom stereocenters. The second-order valence-electron chi connectivity index (χ2n) is 4.79. The molecule has 0 spiro atoms. The first-order valence-electron chi connectivity index (χ1n) is 5.86. The smallest absolute Gasteiger partial charge is 0.0378 e. The van der Waals surface area contributed by atoms with Gasteiger partial charge in [-0.15, -0.1) is 12.4 Å². The van der Waals surface area contributed by atoms with Crippen molar-refractivity contribution in [1.29, 1.82) is 0 Å². The van der Waals surface area contributed by atoms with Crippen molar-refractivity contribution in [3.63, 3.8) is 0 Å². The van der Waals surface area contributed by atoms with Gasteiger partial charge in [0.2, 0.25) is 0 Å². The molecule has 0 saturated heterocycles. The zero-order valence-corrected chi connectivity index (χ0v) is 10.9. The summed E-state index contributed by atoms with van der Waals surface area (Å²) in [5, 5.41) is 0. The molecule has 0 amide bonds. The van der Waals surface area contributed by atoms with Crippen molar-refractivity contribution in [1.82, 2.24) is 4.98 Å². The molecule has 2 N–H and O–H groups in total. The van der Waals surface area contributed by atoms with Gasteiger partial charge < -0.3 is 5.73 Å². The van der Waals surface area contributed by atoms with Crippen LogP contribution in [0.2, 0.25) is 0 Å². The molecule has 16 heavy (non-hydrogen) atoms. The third kappa shape index (κ3) is 3.19. The molecule has 3 heteroatoms. The first-order valence-corrected chi connectivity index (χ1v) is 5.86. The number of hydrogen-bond donors (Lipinski definition) is 1. The molecule has 1 aliphatic rings. The molecule has 1 saturated carbocycles. The maximum atomic E-state index is 5.92. The maximum absolute atomic E-state index is 5.92. The zero-order valence-electron chi connectivity index (χ0n) is 10.1. The second-order valence-corrected chi connectivity index (χ2v) is 4.79. The van der Waals surface area contributed by atoms with Gasteiger partial charge in [0.1, 0.15) is 0 Å². The van der Waals surface area contributed by atoms with Gasteiger partial charge in [0.15, 0.2) is 0 Å². The van der Waals surface area contributed by atoms with Crippen molar-refractivity contribution in [3.8, 4) is 0 Å². The Bertz CT molecular complexity index is 324. The number of nitrogens with zero attached hydrogens (tertiary/aromatic N) is 1. The Morgan fingerprint density at radius 3 is 2.06 bits per heavy atom. The number of nitrogens with two attached hydrogens (primary N) is 1. The topological polar surface area (TPSA) is 38.9 Å². The summed E-state index contributed by atoms with van der Waals surface area (Å²) in [5.41, 5.74) is 9.66. The van der Waals surface area contributed by atoms with Crippen molar-refractivity contribution < 1.29 is 0 Å². The van der Waals surface area contributed by atoms with E-state index >= 15 is 0 Å². The summed E-state index contributed by atoms with van der Waals surface area (Å²) in [4.78, 5) is 4.42. The summed E-state index contributed by atoms with van der Waals surface area (Å²) in [6.45, 7) is 4.15. The molecule has 90 valence electrons. The van der Waals surface area contributed by atoms with E-state index in [1.54, 1.807) is 0 Å². The number of aryl methyl sites for hydroxylation is 2. The summed E-state index contributed by atoms with van der Waals surface area (Å²) in [6.07, 6.45) is 4.82. The minimum Gasteiger partial charge on any atom is -0.328 e. The van der Waals surface area contributed by atoms with Crippen molar-refractivity contribution in [3.05, 3.63) is 29.1 Å². The van der Waals surface area contributed by atoms with Gasteiger partial charge in [0, 0.05) is 17.4 Å². The molecular weight excluding hydrogens is 220 g/mol. The van der Waals surface area contributed by atoms with Gasteiger partial charge in [-0.25, -0.2) is 0 Å². The Hall–Kier alpha value is -0.600. The maximum Gasteiger partial charge on any atom is 0.0378 e. The SMILES string of the molecule is Cc1cc(C2CCC(N)CC2)cc(C)n1.Cl. The Morgan fingerprint density at radius 2 is 1.56 bits per heavy atom. The zero-order chi connectivity index (χ0) is 10.8. The number of pyridine rings is 1. The molecule has 1 aromatic rings. The lowest BCUT2D eigenvalue weighted by atomic mass is 9.82. The van der Waals surface area contributed by atoms with Gasteiger partial charge in [-0.3, -0.25) is 4.98 Å². The Balaban J connectivity index is 0.00000128. The van der Waals surface area contributed by atoms with E-state index in [0.29, 0.717) is 12.0 Å². The Labute approximate surface area is 104 Å². The Morgan fingerprint density at radius 1 is 1.06 bits per heavy atom. The van der Waals surface area contributed by atoms with Gasteiger partial charge in [-0.2, -0.15) is 0 Å². The number of rotatable bonds is 1. The summed E-state index contributed by atoms with van der Waals surface area (Å²) >= 11 is 0. The fourth-order valence-corrected chi connectivity index (χ4v) is 2.56. The van der Waals surface area contributed by atoms with Crippen LogP contribution in [0.5, 0.6) is 0 Å². The lowest BCUT2D eigenvalue weighted by molar-refractivity contribution is 0.395. The highest BCUT2D eigenvalue weighted by atomic mass is 35.5. The minimum atomic E-state index is 0. The van der Waals surface area contributed by atoms with Crippen molar-refractivity contribution in [2.24, 2.45) is 5.73 Å². The average Bonchev–Trinajstić information content (AvgIpc) is 2.17. The molecule has 2 rings (SSSR count). The van der Waals surface area contributed by atoms with Crippen molar-refractivity contribution >= 4 is 12.4 Å². The summed E-state index contributed by atoms with van der Waals surface area (Å²) < 4.78 is 0. The van der Waals surface area contributed by atoms with E-state index in [4.69, 9.17) is 5.73 Å². The van der Waals surface area contributed by atoms with E-state index in [1.165, 1.54) is 31.2 Å². The van der Waals surface area contributed by atoms with E-state index in [-0.39, 0.29) is 12.4 Å². The van der Waals surface area contributed by atoms with E-state index in [1.807, 2.05) is 0 Å². The molecule has 0 radical (unpaired) electrons. The van der Waals surface area contributed by atoms with Crippen LogP contribution < -0.4 is 5.73 Å². The van der Waals surface area contributed by atoms with Crippen LogP contribution in [0.3, 0.4) is 0 Å². The predicted molar refractivity (Wildman–Crippen MR) is 70.1 cm³/mol. The van der Waals surface area contributed by atoms with Gasteiger partial charge >= 0.3 is 0 Å². The van der Waals surface area contributed by atoms with E-state index in [9.17, 15) is 0 Å². The van der Waals surface area contributed by atoms with Gasteiger partial charge in [0.05, 0.1) is 0 Å². The highest BCUT2D eigenvalue weighted by Crippen LogP contribution is 2.32. The van der Waals surface area contributed by atoms with E-state index < -0.39 is 0 Å². The quantitative estimate of drug-likeness (QED) is 0.819. The normalized spacial score (nSPS) is 24.9. The van der Waals surface area contributed by atoms with Crippen LogP contribution in [0.4, 0.5) is 0 Å². The van der Waals surface area contributed by atoms with E-state index in [0.717, 1.165) is 11.4 Å². The largest absolute Gasteiger partial charge is 0.328 e. The first kappa shape index (κ1) is 13.5. The third-order valence-corrected chi connectivity index (χ3v) is 3.35. The number of aromatic nitrogens is 1. The standard InChI is InChI=1S/C13H20N2.ClH/c1-9-7-12(8-10(2)15-9)11-3-5-13(14)6-4-11;/h7-8,11,13H,3-6,14H2,1-2H3;1H. The van der Waals surface area contributed by atoms with Crippen LogP contribution in [0.1, 0.15) is 48.6 Å². The van der Waals surface area contributed by atoms with E-state index in [2.05, 4.69) is 31.0 Å². The summed E-state index contributed by atoms with van der Waals surface area (Å²) in [5.74, 6) is 0.713. The predicted octanol–water partition coefficient (Wildman–Crippen LogP) is 3.11. The molecule has 1 heterocycles. The molecule has 0 aliphatic heterocycles. The molecule has 0 bridgehead atoms. The van der Waals surface area contributed by atoms with Crippen LogP contribution in [0, 0.1) is 13.8 Å². The third-order valence-electron chi connectivity index (χ3n) is 3.35. The first-order chi connectivity index (χ1) is 7.15. The highest BCUT2D eigenvalue weighted by molar-refractivity contribution is 5.85.